The fraction of sp³-hybridized carbons (Fsp3) is 0.246. The van der Waals surface area contributed by atoms with Gasteiger partial charge in [0.1, 0.15) is 0 Å². The van der Waals surface area contributed by atoms with E-state index in [2.05, 4.69) is 197 Å². The molecule has 7 aromatic carbocycles. The Morgan fingerprint density at radius 2 is 0.661 bits per heavy atom. The van der Waals surface area contributed by atoms with E-state index in [1.165, 1.54) is 66.8 Å². The molecule has 7 aromatic rings. The molecule has 0 unspecified atom stereocenters. The van der Waals surface area contributed by atoms with Gasteiger partial charge in [-0.2, -0.15) is 0 Å². The normalized spacial score (nSPS) is 11.6. The summed E-state index contributed by atoms with van der Waals surface area (Å²) in [6, 6.07) is 43.3. The van der Waals surface area contributed by atoms with Gasteiger partial charge in [0.2, 0.25) is 0 Å². The molecule has 298 valence electrons. The van der Waals surface area contributed by atoms with Crippen molar-refractivity contribution in [2.24, 2.45) is 0 Å². The van der Waals surface area contributed by atoms with Crippen LogP contribution in [0, 0.1) is 55.4 Å². The Labute approximate surface area is 352 Å². The standard InChI is InChI=1S/C57H58O2/c1-34-18-12-19-35(2)51(34)45-26-16-27-46(52-36(3)20-13-21-37(52)4)49(45)32-42-30-44(57(9,10)11)31-43(55(42)56(58)59)33-50-47(53-38(5)22-14-23-39(53)6)28-17-29-48(50)54-40(7)24-15-25-41(54)8/h12-31H,32-33H2,1-11H3,(H,58,59)/p-1. The third-order valence-corrected chi connectivity index (χ3v) is 12.5. The van der Waals surface area contributed by atoms with Gasteiger partial charge in [0.15, 0.2) is 0 Å². The molecule has 2 nitrogen and oxygen atoms in total. The second kappa shape index (κ2) is 16.3. The molecule has 2 heteroatoms. The van der Waals surface area contributed by atoms with Crippen molar-refractivity contribution in [2.75, 3.05) is 0 Å². The highest BCUT2D eigenvalue weighted by Gasteiger charge is 2.26. The van der Waals surface area contributed by atoms with Gasteiger partial charge in [-0.3, -0.25) is 0 Å². The molecular formula is C57H57O2-. The summed E-state index contributed by atoms with van der Waals surface area (Å²) in [5.74, 6) is -1.15. The molecule has 0 aromatic heterocycles. The topological polar surface area (TPSA) is 40.1 Å². The van der Waals surface area contributed by atoms with Crippen LogP contribution >= 0.6 is 0 Å². The summed E-state index contributed by atoms with van der Waals surface area (Å²) >= 11 is 0. The van der Waals surface area contributed by atoms with Gasteiger partial charge in [0, 0.05) is 5.56 Å². The average Bonchev–Trinajstić information content (AvgIpc) is 3.16. The zero-order chi connectivity index (χ0) is 42.3. The smallest absolute Gasteiger partial charge is 0.0721 e. The minimum absolute atomic E-state index is 0.253. The Bertz CT molecular complexity index is 2360. The molecule has 0 atom stereocenters. The van der Waals surface area contributed by atoms with E-state index in [4.69, 9.17) is 0 Å². The lowest BCUT2D eigenvalue weighted by molar-refractivity contribution is -0.255. The number of carbonyl (C=O) groups is 1. The molecule has 0 amide bonds. The Hall–Kier alpha value is -5.99. The predicted octanol–water partition coefficient (Wildman–Crippen LogP) is 13.7. The Kier molecular flexibility index (Phi) is 11.4. The number of aromatic carboxylic acids is 1. The molecule has 0 radical (unpaired) electrons. The van der Waals surface area contributed by atoms with Crippen LogP contribution in [0.4, 0.5) is 0 Å². The fourth-order valence-corrected chi connectivity index (χ4v) is 9.57. The van der Waals surface area contributed by atoms with E-state index in [9.17, 15) is 9.90 Å². The second-order valence-electron chi connectivity index (χ2n) is 17.8. The first-order valence-electron chi connectivity index (χ1n) is 20.9. The van der Waals surface area contributed by atoms with Crippen molar-refractivity contribution in [3.8, 4) is 44.5 Å². The highest BCUT2D eigenvalue weighted by atomic mass is 16.4. The summed E-state index contributed by atoms with van der Waals surface area (Å²) < 4.78 is 0. The van der Waals surface area contributed by atoms with Gasteiger partial charge in [-0.05, 0) is 190 Å². The van der Waals surface area contributed by atoms with Crippen LogP contribution < -0.4 is 5.11 Å². The van der Waals surface area contributed by atoms with Crippen molar-refractivity contribution in [2.45, 2.75) is 94.4 Å². The van der Waals surface area contributed by atoms with E-state index in [0.717, 1.165) is 50.1 Å². The van der Waals surface area contributed by atoms with Gasteiger partial charge in [0.25, 0.3) is 0 Å². The van der Waals surface area contributed by atoms with Crippen LogP contribution in [0.1, 0.15) is 103 Å². The number of aryl methyl sites for hydroxylation is 8. The molecule has 59 heavy (non-hydrogen) atoms. The van der Waals surface area contributed by atoms with Crippen LogP contribution in [0.25, 0.3) is 44.5 Å². The van der Waals surface area contributed by atoms with Gasteiger partial charge in [-0.15, -0.1) is 0 Å². The van der Waals surface area contributed by atoms with Crippen molar-refractivity contribution in [3.63, 3.8) is 0 Å². The van der Waals surface area contributed by atoms with E-state index in [1.54, 1.807) is 0 Å². The number of rotatable bonds is 9. The SMILES string of the molecule is Cc1cccc(C)c1-c1cccc(-c2c(C)cccc2C)c1Cc1cc(C(C)(C)C)cc(Cc2c(-c3c(C)cccc3C)cccc2-c2c(C)cccc2C)c1C(=O)[O-]. The number of carbonyl (C=O) groups excluding carboxylic acids is 1. The molecule has 0 aliphatic rings. The van der Waals surface area contributed by atoms with Crippen molar-refractivity contribution < 1.29 is 9.90 Å². The molecule has 7 rings (SSSR count). The number of hydrogen-bond donors (Lipinski definition) is 0. The highest BCUT2D eigenvalue weighted by Crippen LogP contribution is 2.43. The molecule has 0 aliphatic carbocycles. The average molecular weight is 774 g/mol. The lowest BCUT2D eigenvalue weighted by atomic mass is 9.78. The third kappa shape index (κ3) is 7.94. The lowest BCUT2D eigenvalue weighted by Gasteiger charge is -2.27. The van der Waals surface area contributed by atoms with Crippen LogP contribution in [0.2, 0.25) is 0 Å². The van der Waals surface area contributed by atoms with E-state index in [0.29, 0.717) is 12.8 Å². The summed E-state index contributed by atoms with van der Waals surface area (Å²) in [5, 5.41) is 13.9. The third-order valence-electron chi connectivity index (χ3n) is 12.5. The van der Waals surface area contributed by atoms with Crippen molar-refractivity contribution in [1.29, 1.82) is 0 Å². The van der Waals surface area contributed by atoms with Crippen molar-refractivity contribution >= 4 is 5.97 Å². The maximum absolute atomic E-state index is 13.9. The van der Waals surface area contributed by atoms with E-state index in [1.807, 2.05) is 0 Å². The molecular weight excluding hydrogens is 717 g/mol. The van der Waals surface area contributed by atoms with Gasteiger partial charge < -0.3 is 9.90 Å². The van der Waals surface area contributed by atoms with Crippen molar-refractivity contribution in [3.05, 3.63) is 199 Å². The van der Waals surface area contributed by atoms with E-state index in [-0.39, 0.29) is 11.0 Å². The number of carboxylic acid groups (broad SMARTS) is 1. The van der Waals surface area contributed by atoms with Crippen LogP contribution in [-0.2, 0) is 18.3 Å². The van der Waals surface area contributed by atoms with Gasteiger partial charge in [0.05, 0.1) is 5.97 Å². The summed E-state index contributed by atoms with van der Waals surface area (Å²) in [6.45, 7) is 24.0. The first kappa shape index (κ1) is 41.2. The molecule has 0 spiro atoms. The van der Waals surface area contributed by atoms with Gasteiger partial charge in [-0.25, -0.2) is 0 Å². The monoisotopic (exact) mass is 773 g/mol. The molecule has 0 heterocycles. The Morgan fingerprint density at radius 3 is 0.881 bits per heavy atom. The van der Waals surface area contributed by atoms with E-state index >= 15 is 0 Å². The van der Waals surface area contributed by atoms with Crippen LogP contribution in [0.3, 0.4) is 0 Å². The summed E-state index contributed by atoms with van der Waals surface area (Å²) in [5.41, 5.74) is 23.7. The molecule has 0 saturated heterocycles. The van der Waals surface area contributed by atoms with Crippen molar-refractivity contribution in [1.82, 2.24) is 0 Å². The maximum Gasteiger partial charge on any atom is 0.0721 e. The Morgan fingerprint density at radius 1 is 0.424 bits per heavy atom. The van der Waals surface area contributed by atoms with Crippen LogP contribution in [0.15, 0.2) is 121 Å². The number of carboxylic acids is 1. The molecule has 0 saturated carbocycles. The minimum atomic E-state index is -1.15. The minimum Gasteiger partial charge on any atom is -0.545 e. The molecule has 0 N–H and O–H groups in total. The summed E-state index contributed by atoms with van der Waals surface area (Å²) in [4.78, 5) is 13.9. The Balaban J connectivity index is 1.55. The quantitative estimate of drug-likeness (QED) is 0.147. The fourth-order valence-electron chi connectivity index (χ4n) is 9.57. The largest absolute Gasteiger partial charge is 0.545 e. The van der Waals surface area contributed by atoms with Gasteiger partial charge >= 0.3 is 0 Å². The zero-order valence-corrected chi connectivity index (χ0v) is 36.8. The maximum atomic E-state index is 13.9. The first-order chi connectivity index (χ1) is 28.1. The molecule has 0 fully saturated rings. The summed E-state index contributed by atoms with van der Waals surface area (Å²) in [6.07, 6.45) is 0.852. The number of hydrogen-bond acceptors (Lipinski definition) is 2. The van der Waals surface area contributed by atoms with E-state index < -0.39 is 5.97 Å². The lowest BCUT2D eigenvalue weighted by Crippen LogP contribution is -2.27. The van der Waals surface area contributed by atoms with Gasteiger partial charge in [-0.1, -0.05) is 142 Å². The molecule has 0 aliphatic heterocycles. The van der Waals surface area contributed by atoms with Crippen LogP contribution in [0.5, 0.6) is 0 Å². The molecule has 0 bridgehead atoms. The highest BCUT2D eigenvalue weighted by molar-refractivity contribution is 5.92. The predicted molar refractivity (Wildman–Crippen MR) is 248 cm³/mol. The second-order valence-corrected chi connectivity index (χ2v) is 17.8. The first-order valence-corrected chi connectivity index (χ1v) is 20.9. The van der Waals surface area contributed by atoms with Crippen LogP contribution in [-0.4, -0.2) is 5.97 Å². The zero-order valence-electron chi connectivity index (χ0n) is 36.8. The summed E-state index contributed by atoms with van der Waals surface area (Å²) in [7, 11) is 0. The number of benzene rings is 7.